The fourth-order valence-electron chi connectivity index (χ4n) is 3.11. The Kier molecular flexibility index (Phi) is 5.23. The smallest absolute Gasteiger partial charge is 0.265 e. The van der Waals surface area contributed by atoms with Gasteiger partial charge in [-0.15, -0.1) is 0 Å². The molecule has 0 radical (unpaired) electrons. The van der Waals surface area contributed by atoms with E-state index in [9.17, 15) is 18.4 Å². The molecular weight excluding hydrogens is 362 g/mol. The topological polar surface area (TPSA) is 58.2 Å². The third-order valence-electron chi connectivity index (χ3n) is 4.53. The molecule has 0 bridgehead atoms. The van der Waals surface area contributed by atoms with Crippen molar-refractivity contribution in [2.75, 3.05) is 6.54 Å². The summed E-state index contributed by atoms with van der Waals surface area (Å²) in [6, 6.07) is 13.1. The lowest BCUT2D eigenvalue weighted by atomic mass is 9.88. The van der Waals surface area contributed by atoms with E-state index in [2.05, 4.69) is 10.6 Å². The van der Waals surface area contributed by atoms with Gasteiger partial charge in [0.2, 0.25) is 5.91 Å². The highest BCUT2D eigenvalue weighted by Gasteiger charge is 2.39. The first-order valence-electron chi connectivity index (χ1n) is 8.14. The van der Waals surface area contributed by atoms with Crippen LogP contribution in [0.4, 0.5) is 8.78 Å². The highest BCUT2D eigenvalue weighted by molar-refractivity contribution is 6.31. The third kappa shape index (κ3) is 3.70. The van der Waals surface area contributed by atoms with Gasteiger partial charge in [-0.25, -0.2) is 8.78 Å². The molecule has 1 aliphatic heterocycles. The summed E-state index contributed by atoms with van der Waals surface area (Å²) in [5.41, 5.74) is 0.0944. The molecule has 0 aromatic heterocycles. The molecule has 1 fully saturated rings. The standard InChI is InChI=1S/C19H17ClF2N2O2/c20-15-10-12(6-7-14(15)17(21)22)18(26)23-11-19(9-8-16(25)24-19)13-4-2-1-3-5-13/h1-7,10,17H,8-9,11H2,(H,23,26)(H,24,25). The predicted octanol–water partition coefficient (Wildman–Crippen LogP) is 3.81. The van der Waals surface area contributed by atoms with Crippen LogP contribution in [0.2, 0.25) is 5.02 Å². The summed E-state index contributed by atoms with van der Waals surface area (Å²) in [7, 11) is 0. The molecule has 2 aromatic carbocycles. The average molecular weight is 379 g/mol. The first kappa shape index (κ1) is 18.3. The maximum Gasteiger partial charge on any atom is 0.265 e. The van der Waals surface area contributed by atoms with Crippen LogP contribution in [0, 0.1) is 0 Å². The number of hydrogen-bond donors (Lipinski definition) is 2. The number of carbonyl (C=O) groups is 2. The molecule has 4 nitrogen and oxygen atoms in total. The Morgan fingerprint density at radius 1 is 1.23 bits per heavy atom. The quantitative estimate of drug-likeness (QED) is 0.831. The molecule has 1 heterocycles. The van der Waals surface area contributed by atoms with E-state index < -0.39 is 17.9 Å². The number of nitrogens with one attached hydrogen (secondary N) is 2. The predicted molar refractivity (Wildman–Crippen MR) is 94.2 cm³/mol. The number of hydrogen-bond acceptors (Lipinski definition) is 2. The van der Waals surface area contributed by atoms with Crippen LogP contribution < -0.4 is 10.6 Å². The minimum absolute atomic E-state index is 0.0765. The number of rotatable bonds is 5. The Morgan fingerprint density at radius 2 is 1.96 bits per heavy atom. The first-order chi connectivity index (χ1) is 12.4. The molecule has 2 N–H and O–H groups in total. The van der Waals surface area contributed by atoms with Gasteiger partial charge in [0.05, 0.1) is 10.6 Å². The maximum atomic E-state index is 12.8. The van der Waals surface area contributed by atoms with Crippen molar-refractivity contribution in [2.24, 2.45) is 0 Å². The van der Waals surface area contributed by atoms with Gasteiger partial charge in [-0.3, -0.25) is 9.59 Å². The van der Waals surface area contributed by atoms with E-state index in [0.29, 0.717) is 12.8 Å². The van der Waals surface area contributed by atoms with Gasteiger partial charge in [-0.1, -0.05) is 48.0 Å². The third-order valence-corrected chi connectivity index (χ3v) is 4.86. The summed E-state index contributed by atoms with van der Waals surface area (Å²) in [4.78, 5) is 24.2. The minimum atomic E-state index is -2.70. The monoisotopic (exact) mass is 378 g/mol. The van der Waals surface area contributed by atoms with Crippen LogP contribution in [0.25, 0.3) is 0 Å². The number of alkyl halides is 2. The van der Waals surface area contributed by atoms with Gasteiger partial charge < -0.3 is 10.6 Å². The molecule has 1 unspecified atom stereocenters. The van der Waals surface area contributed by atoms with Crippen molar-refractivity contribution in [3.63, 3.8) is 0 Å². The summed E-state index contributed by atoms with van der Waals surface area (Å²) in [5.74, 6) is -0.517. The fourth-order valence-corrected chi connectivity index (χ4v) is 3.37. The fraction of sp³-hybridized carbons (Fsp3) is 0.263. The van der Waals surface area contributed by atoms with E-state index in [1.807, 2.05) is 30.3 Å². The Morgan fingerprint density at radius 3 is 2.54 bits per heavy atom. The van der Waals surface area contributed by atoms with E-state index in [4.69, 9.17) is 11.6 Å². The van der Waals surface area contributed by atoms with E-state index in [1.54, 1.807) is 0 Å². The molecule has 1 aliphatic rings. The zero-order valence-electron chi connectivity index (χ0n) is 13.8. The lowest BCUT2D eigenvalue weighted by Gasteiger charge is -2.30. The van der Waals surface area contributed by atoms with E-state index in [0.717, 1.165) is 11.6 Å². The minimum Gasteiger partial charge on any atom is -0.349 e. The van der Waals surface area contributed by atoms with Crippen LogP contribution in [-0.4, -0.2) is 18.4 Å². The van der Waals surface area contributed by atoms with Gasteiger partial charge in [0, 0.05) is 24.1 Å². The molecule has 0 saturated carbocycles. The lowest BCUT2D eigenvalue weighted by molar-refractivity contribution is -0.119. The Bertz CT molecular complexity index is 830. The van der Waals surface area contributed by atoms with Crippen molar-refractivity contribution < 1.29 is 18.4 Å². The van der Waals surface area contributed by atoms with Crippen LogP contribution in [0.1, 0.15) is 40.8 Å². The average Bonchev–Trinajstić information content (AvgIpc) is 3.02. The van der Waals surface area contributed by atoms with E-state index in [-0.39, 0.29) is 28.6 Å². The van der Waals surface area contributed by atoms with Crippen LogP contribution in [-0.2, 0) is 10.3 Å². The number of benzene rings is 2. The van der Waals surface area contributed by atoms with Gasteiger partial charge in [0.15, 0.2) is 0 Å². The molecule has 2 aromatic rings. The van der Waals surface area contributed by atoms with Crippen LogP contribution >= 0.6 is 11.6 Å². The molecule has 3 rings (SSSR count). The molecular formula is C19H17ClF2N2O2. The summed E-state index contributed by atoms with van der Waals surface area (Å²) >= 11 is 5.82. The molecule has 0 aliphatic carbocycles. The van der Waals surface area contributed by atoms with Crippen molar-refractivity contribution >= 4 is 23.4 Å². The summed E-state index contributed by atoms with van der Waals surface area (Å²) in [6.07, 6.45) is -1.77. The highest BCUT2D eigenvalue weighted by atomic mass is 35.5. The highest BCUT2D eigenvalue weighted by Crippen LogP contribution is 2.31. The van der Waals surface area contributed by atoms with Crippen molar-refractivity contribution in [1.82, 2.24) is 10.6 Å². The zero-order chi connectivity index (χ0) is 18.7. The second kappa shape index (κ2) is 7.41. The van der Waals surface area contributed by atoms with Gasteiger partial charge in [-0.05, 0) is 24.1 Å². The lowest BCUT2D eigenvalue weighted by Crippen LogP contribution is -2.48. The van der Waals surface area contributed by atoms with Crippen LogP contribution in [0.3, 0.4) is 0 Å². The molecule has 26 heavy (non-hydrogen) atoms. The van der Waals surface area contributed by atoms with Gasteiger partial charge in [-0.2, -0.15) is 0 Å². The second-order valence-corrected chi connectivity index (χ2v) is 6.62. The summed E-state index contributed by atoms with van der Waals surface area (Å²) in [5, 5.41) is 5.57. The van der Waals surface area contributed by atoms with Gasteiger partial charge in [0.1, 0.15) is 0 Å². The molecule has 1 saturated heterocycles. The van der Waals surface area contributed by atoms with E-state index >= 15 is 0 Å². The van der Waals surface area contributed by atoms with Crippen LogP contribution in [0.15, 0.2) is 48.5 Å². The van der Waals surface area contributed by atoms with Crippen molar-refractivity contribution in [1.29, 1.82) is 0 Å². The molecule has 1 atom stereocenters. The SMILES string of the molecule is O=C1CCC(CNC(=O)c2ccc(C(F)F)c(Cl)c2)(c2ccccc2)N1. The largest absolute Gasteiger partial charge is 0.349 e. The first-order valence-corrected chi connectivity index (χ1v) is 8.51. The number of carbonyl (C=O) groups excluding carboxylic acids is 2. The van der Waals surface area contributed by atoms with Gasteiger partial charge in [0.25, 0.3) is 12.3 Å². The summed E-state index contributed by atoms with van der Waals surface area (Å²) in [6.45, 7) is 0.190. The maximum absolute atomic E-state index is 12.8. The Labute approximate surface area is 154 Å². The van der Waals surface area contributed by atoms with Crippen molar-refractivity contribution in [3.05, 3.63) is 70.2 Å². The molecule has 7 heteroatoms. The zero-order valence-corrected chi connectivity index (χ0v) is 14.5. The van der Waals surface area contributed by atoms with Crippen molar-refractivity contribution in [2.45, 2.75) is 24.8 Å². The van der Waals surface area contributed by atoms with Gasteiger partial charge >= 0.3 is 0 Å². The Balaban J connectivity index is 1.77. The Hall–Kier alpha value is -2.47. The van der Waals surface area contributed by atoms with E-state index in [1.165, 1.54) is 12.1 Å². The molecule has 2 amide bonds. The summed E-state index contributed by atoms with van der Waals surface area (Å²) < 4.78 is 25.5. The normalized spacial score (nSPS) is 19.5. The van der Waals surface area contributed by atoms with Crippen molar-refractivity contribution in [3.8, 4) is 0 Å². The number of amides is 2. The second-order valence-electron chi connectivity index (χ2n) is 6.22. The molecule has 136 valence electrons. The molecule has 0 spiro atoms. The van der Waals surface area contributed by atoms with Crippen LogP contribution in [0.5, 0.6) is 0 Å². The number of halogens is 3.